The second-order valence-electron chi connectivity index (χ2n) is 5.52. The molecular weight excluding hydrogens is 354 g/mol. The van der Waals surface area contributed by atoms with Crippen LogP contribution in [0.15, 0.2) is 12.1 Å². The van der Waals surface area contributed by atoms with E-state index in [1.165, 1.54) is 38.1 Å². The van der Waals surface area contributed by atoms with E-state index < -0.39 is 11.9 Å². The van der Waals surface area contributed by atoms with Crippen LogP contribution in [0.1, 0.15) is 33.3 Å². The summed E-state index contributed by atoms with van der Waals surface area (Å²) in [7, 11) is 6.02. The number of nitrogens with zero attached hydrogens (tertiary/aromatic N) is 2. The van der Waals surface area contributed by atoms with Gasteiger partial charge < -0.3 is 24.3 Å². The van der Waals surface area contributed by atoms with Gasteiger partial charge in [-0.25, -0.2) is 4.79 Å². The number of aryl methyl sites for hydroxylation is 2. The first-order valence-electron chi connectivity index (χ1n) is 8.19. The fourth-order valence-electron chi connectivity index (χ4n) is 2.64. The Hall–Kier alpha value is -3.23. The van der Waals surface area contributed by atoms with Crippen molar-refractivity contribution in [1.82, 2.24) is 9.78 Å². The number of carbonyl (C=O) groups is 2. The molecule has 0 saturated carbocycles. The number of hydrogen-bond acceptors (Lipinski definition) is 7. The Morgan fingerprint density at radius 3 is 2.19 bits per heavy atom. The summed E-state index contributed by atoms with van der Waals surface area (Å²) < 4.78 is 22.3. The summed E-state index contributed by atoms with van der Waals surface area (Å²) in [6.07, 6.45) is 0. The number of rotatable bonds is 7. The monoisotopic (exact) mass is 377 g/mol. The van der Waals surface area contributed by atoms with Crippen molar-refractivity contribution < 1.29 is 28.5 Å². The molecule has 1 aromatic heterocycles. The summed E-state index contributed by atoms with van der Waals surface area (Å²) in [4.78, 5) is 25.0. The Kier molecular flexibility index (Phi) is 6.27. The third-order valence-electron chi connectivity index (χ3n) is 3.86. The van der Waals surface area contributed by atoms with Gasteiger partial charge in [0.25, 0.3) is 5.91 Å². The molecule has 2 aromatic rings. The van der Waals surface area contributed by atoms with E-state index in [4.69, 9.17) is 18.9 Å². The molecule has 0 atom stereocenters. The molecule has 2 rings (SSSR count). The fourth-order valence-corrected chi connectivity index (χ4v) is 2.64. The predicted octanol–water partition coefficient (Wildman–Crippen LogP) is 2.18. The summed E-state index contributed by atoms with van der Waals surface area (Å²) in [5, 5.41) is 6.89. The fraction of sp³-hybridized carbons (Fsp3) is 0.389. The van der Waals surface area contributed by atoms with Gasteiger partial charge in [-0.15, -0.1) is 0 Å². The van der Waals surface area contributed by atoms with Gasteiger partial charge in [0.2, 0.25) is 5.75 Å². The molecule has 0 fully saturated rings. The third kappa shape index (κ3) is 3.97. The Balaban J connectivity index is 2.43. The molecule has 0 aliphatic rings. The number of anilines is 1. The van der Waals surface area contributed by atoms with Crippen LogP contribution in [0.25, 0.3) is 0 Å². The molecule has 0 aliphatic carbocycles. The standard InChI is InChI=1S/C18H23N3O6/c1-7-27-18(23)14-10(2)20-21(3)16(14)19-17(22)11-8-12(24-4)15(26-6)13(9-11)25-5/h8-9H,7H2,1-6H3,(H,19,22). The number of carbonyl (C=O) groups excluding carboxylic acids is 2. The number of ether oxygens (including phenoxy) is 4. The molecule has 0 radical (unpaired) electrons. The predicted molar refractivity (Wildman–Crippen MR) is 98.0 cm³/mol. The number of amides is 1. The molecule has 1 N–H and O–H groups in total. The van der Waals surface area contributed by atoms with E-state index in [-0.39, 0.29) is 23.6 Å². The molecule has 0 unspecified atom stereocenters. The van der Waals surface area contributed by atoms with Gasteiger partial charge in [-0.3, -0.25) is 9.48 Å². The van der Waals surface area contributed by atoms with Gasteiger partial charge in [-0.05, 0) is 26.0 Å². The van der Waals surface area contributed by atoms with Crippen molar-refractivity contribution in [1.29, 1.82) is 0 Å². The minimum absolute atomic E-state index is 0.208. The first-order chi connectivity index (χ1) is 12.9. The van der Waals surface area contributed by atoms with E-state index in [9.17, 15) is 9.59 Å². The number of aromatic nitrogens is 2. The molecule has 0 spiro atoms. The average molecular weight is 377 g/mol. The largest absolute Gasteiger partial charge is 0.493 e. The summed E-state index contributed by atoms with van der Waals surface area (Å²) >= 11 is 0. The average Bonchev–Trinajstić information content (AvgIpc) is 2.93. The highest BCUT2D eigenvalue weighted by molar-refractivity contribution is 6.08. The SMILES string of the molecule is CCOC(=O)c1c(C)nn(C)c1NC(=O)c1cc(OC)c(OC)c(OC)c1. The van der Waals surface area contributed by atoms with Crippen molar-refractivity contribution in [3.63, 3.8) is 0 Å². The summed E-state index contributed by atoms with van der Waals surface area (Å²) in [5.74, 6) is 0.276. The van der Waals surface area contributed by atoms with Crippen LogP contribution in [0, 0.1) is 6.92 Å². The van der Waals surface area contributed by atoms with Crippen molar-refractivity contribution in [2.24, 2.45) is 7.05 Å². The highest BCUT2D eigenvalue weighted by Crippen LogP contribution is 2.38. The molecule has 0 aliphatic heterocycles. The van der Waals surface area contributed by atoms with Crippen molar-refractivity contribution in [2.45, 2.75) is 13.8 Å². The second kappa shape index (κ2) is 8.43. The highest BCUT2D eigenvalue weighted by atomic mass is 16.5. The minimum Gasteiger partial charge on any atom is -0.493 e. The van der Waals surface area contributed by atoms with Gasteiger partial charge in [0.05, 0.1) is 33.6 Å². The van der Waals surface area contributed by atoms with Gasteiger partial charge in [-0.2, -0.15) is 5.10 Å². The number of hydrogen-bond donors (Lipinski definition) is 1. The molecule has 9 nitrogen and oxygen atoms in total. The lowest BCUT2D eigenvalue weighted by atomic mass is 10.1. The lowest BCUT2D eigenvalue weighted by molar-refractivity contribution is 0.0526. The Labute approximate surface area is 157 Å². The smallest absolute Gasteiger partial charge is 0.343 e. The summed E-state index contributed by atoms with van der Waals surface area (Å²) in [5.41, 5.74) is 0.925. The van der Waals surface area contributed by atoms with Gasteiger partial charge in [0, 0.05) is 12.6 Å². The maximum atomic E-state index is 12.8. The van der Waals surface area contributed by atoms with Crippen molar-refractivity contribution in [3.8, 4) is 17.2 Å². The van der Waals surface area contributed by atoms with Gasteiger partial charge in [-0.1, -0.05) is 0 Å². The lowest BCUT2D eigenvalue weighted by Gasteiger charge is -2.14. The molecule has 0 saturated heterocycles. The van der Waals surface area contributed by atoms with Crippen molar-refractivity contribution in [3.05, 3.63) is 29.0 Å². The van der Waals surface area contributed by atoms with Crippen molar-refractivity contribution >= 4 is 17.7 Å². The quantitative estimate of drug-likeness (QED) is 0.738. The molecule has 1 amide bonds. The topological polar surface area (TPSA) is 101 Å². The van der Waals surface area contributed by atoms with Crippen LogP contribution in [0.3, 0.4) is 0 Å². The van der Waals surface area contributed by atoms with E-state index in [2.05, 4.69) is 10.4 Å². The molecule has 1 heterocycles. The summed E-state index contributed by atoms with van der Waals surface area (Å²) in [6, 6.07) is 3.04. The Bertz CT molecular complexity index is 834. The molecule has 146 valence electrons. The van der Waals surface area contributed by atoms with Crippen LogP contribution in [0.4, 0.5) is 5.82 Å². The highest BCUT2D eigenvalue weighted by Gasteiger charge is 2.24. The number of benzene rings is 1. The van der Waals surface area contributed by atoms with Crippen LogP contribution < -0.4 is 19.5 Å². The number of methoxy groups -OCH3 is 3. The first kappa shape index (κ1) is 20.1. The molecule has 27 heavy (non-hydrogen) atoms. The molecular formula is C18H23N3O6. The third-order valence-corrected chi connectivity index (χ3v) is 3.86. The Morgan fingerprint density at radius 1 is 1.11 bits per heavy atom. The van der Waals surface area contributed by atoms with E-state index in [0.717, 1.165) is 0 Å². The normalized spacial score (nSPS) is 10.3. The van der Waals surface area contributed by atoms with Crippen LogP contribution in [-0.4, -0.2) is 49.6 Å². The first-order valence-corrected chi connectivity index (χ1v) is 8.19. The van der Waals surface area contributed by atoms with Gasteiger partial charge in [0.1, 0.15) is 11.4 Å². The van der Waals surface area contributed by atoms with Crippen LogP contribution in [-0.2, 0) is 11.8 Å². The lowest BCUT2D eigenvalue weighted by Crippen LogP contribution is -2.18. The van der Waals surface area contributed by atoms with E-state index in [1.807, 2.05) is 0 Å². The van der Waals surface area contributed by atoms with Crippen molar-refractivity contribution in [2.75, 3.05) is 33.3 Å². The molecule has 1 aromatic carbocycles. The van der Waals surface area contributed by atoms with E-state index in [1.54, 1.807) is 20.9 Å². The van der Waals surface area contributed by atoms with Gasteiger partial charge in [0.15, 0.2) is 11.5 Å². The number of esters is 1. The summed E-state index contributed by atoms with van der Waals surface area (Å²) in [6.45, 7) is 3.59. The Morgan fingerprint density at radius 2 is 1.70 bits per heavy atom. The van der Waals surface area contributed by atoms with Crippen LogP contribution >= 0.6 is 0 Å². The van der Waals surface area contributed by atoms with Crippen LogP contribution in [0.2, 0.25) is 0 Å². The van der Waals surface area contributed by atoms with Gasteiger partial charge >= 0.3 is 5.97 Å². The number of nitrogens with one attached hydrogen (secondary N) is 1. The molecule has 9 heteroatoms. The maximum absolute atomic E-state index is 12.8. The van der Waals surface area contributed by atoms with E-state index >= 15 is 0 Å². The zero-order chi connectivity index (χ0) is 20.1. The van der Waals surface area contributed by atoms with E-state index in [0.29, 0.717) is 22.9 Å². The van der Waals surface area contributed by atoms with Crippen LogP contribution in [0.5, 0.6) is 17.2 Å². The maximum Gasteiger partial charge on any atom is 0.343 e. The second-order valence-corrected chi connectivity index (χ2v) is 5.52. The zero-order valence-electron chi connectivity index (χ0n) is 16.2. The minimum atomic E-state index is -0.553. The molecule has 0 bridgehead atoms. The zero-order valence-corrected chi connectivity index (χ0v) is 16.2.